The fourth-order valence-electron chi connectivity index (χ4n) is 1.96. The third kappa shape index (κ3) is 1.99. The number of hydrogen-bond donors (Lipinski definition) is 2. The smallest absolute Gasteiger partial charge is 0.332 e. The standard InChI is InChI=1S/C10H11N3O4/c14-10(15)9-5-7-3-1-2-4-8(7)6-12(9)13(17)11-16/h1-4,9,16H,5-6H2,(H,14,15). The molecule has 0 radical (unpaired) electrons. The van der Waals surface area contributed by atoms with Crippen LogP contribution in [0.4, 0.5) is 0 Å². The minimum atomic E-state index is -1.12. The zero-order valence-corrected chi connectivity index (χ0v) is 8.85. The first-order chi connectivity index (χ1) is 8.13. The lowest BCUT2D eigenvalue weighted by molar-refractivity contribution is -0.719. The number of hydrogen-bond acceptors (Lipinski definition) is 3. The first kappa shape index (κ1) is 11.2. The monoisotopic (exact) mass is 237 g/mol. The van der Waals surface area contributed by atoms with Crippen LogP contribution < -0.4 is 0 Å². The summed E-state index contributed by atoms with van der Waals surface area (Å²) in [4.78, 5) is 11.0. The molecule has 1 heterocycles. The number of fused-ring (bicyclic) bond motifs is 1. The van der Waals surface area contributed by atoms with Gasteiger partial charge in [0, 0.05) is 6.42 Å². The zero-order valence-electron chi connectivity index (χ0n) is 8.85. The normalized spacial score (nSPS) is 19.9. The lowest BCUT2D eigenvalue weighted by Crippen LogP contribution is -2.48. The molecular formula is C10H11N3O4. The van der Waals surface area contributed by atoms with Crippen molar-refractivity contribution < 1.29 is 20.1 Å². The lowest BCUT2D eigenvalue weighted by Gasteiger charge is -2.29. The number of benzene rings is 1. The van der Waals surface area contributed by atoms with E-state index in [2.05, 4.69) is 5.28 Å². The second kappa shape index (κ2) is 4.28. The van der Waals surface area contributed by atoms with E-state index in [0.29, 0.717) is 0 Å². The molecule has 7 nitrogen and oxygen atoms in total. The molecule has 1 aromatic carbocycles. The van der Waals surface area contributed by atoms with Crippen LogP contribution in [0, 0.1) is 5.21 Å². The Bertz CT molecular complexity index is 474. The molecule has 0 spiro atoms. The van der Waals surface area contributed by atoms with Gasteiger partial charge in [-0.2, -0.15) is 0 Å². The third-order valence-electron chi connectivity index (χ3n) is 2.81. The average Bonchev–Trinajstić information content (AvgIpc) is 2.36. The Morgan fingerprint density at radius 1 is 1.47 bits per heavy atom. The van der Waals surface area contributed by atoms with Gasteiger partial charge in [-0.05, 0) is 11.1 Å². The number of rotatable bonds is 2. The summed E-state index contributed by atoms with van der Waals surface area (Å²) in [5.41, 5.74) is 1.75. The highest BCUT2D eigenvalue weighted by atomic mass is 16.6. The summed E-state index contributed by atoms with van der Waals surface area (Å²) in [6.07, 6.45) is 0.208. The van der Waals surface area contributed by atoms with Gasteiger partial charge in [-0.1, -0.05) is 24.3 Å². The van der Waals surface area contributed by atoms with Crippen molar-refractivity contribution in [3.8, 4) is 0 Å². The van der Waals surface area contributed by atoms with Crippen LogP contribution in [0.3, 0.4) is 0 Å². The number of nitrogens with zero attached hydrogens (tertiary/aromatic N) is 3. The lowest BCUT2D eigenvalue weighted by atomic mass is 9.95. The van der Waals surface area contributed by atoms with E-state index in [-0.39, 0.29) is 17.9 Å². The van der Waals surface area contributed by atoms with Gasteiger partial charge >= 0.3 is 5.97 Å². The van der Waals surface area contributed by atoms with Crippen LogP contribution in [0.5, 0.6) is 0 Å². The predicted molar refractivity (Wildman–Crippen MR) is 55.0 cm³/mol. The molecule has 0 saturated heterocycles. The van der Waals surface area contributed by atoms with Crippen molar-refractivity contribution in [2.45, 2.75) is 19.0 Å². The fraction of sp³-hybridized carbons (Fsp3) is 0.300. The van der Waals surface area contributed by atoms with E-state index in [9.17, 15) is 10.0 Å². The molecule has 1 aliphatic rings. The molecule has 1 atom stereocenters. The second-order valence-electron chi connectivity index (χ2n) is 3.77. The summed E-state index contributed by atoms with van der Waals surface area (Å²) in [5, 5.41) is 32.2. The first-order valence-corrected chi connectivity index (χ1v) is 5.02. The Hall–Kier alpha value is -2.31. The van der Waals surface area contributed by atoms with E-state index >= 15 is 0 Å². The molecule has 0 bridgehead atoms. The molecule has 2 N–H and O–H groups in total. The molecule has 0 aliphatic carbocycles. The average molecular weight is 237 g/mol. The van der Waals surface area contributed by atoms with Gasteiger partial charge in [0.25, 0.3) is 0 Å². The Morgan fingerprint density at radius 3 is 2.71 bits per heavy atom. The minimum absolute atomic E-state index is 0.0886. The number of carboxylic acid groups (broad SMARTS) is 1. The van der Waals surface area contributed by atoms with Gasteiger partial charge in [-0.3, -0.25) is 0 Å². The molecule has 1 unspecified atom stereocenters. The van der Waals surface area contributed by atoms with Gasteiger partial charge in [0.15, 0.2) is 6.04 Å². The molecule has 1 aliphatic heterocycles. The van der Waals surface area contributed by atoms with Crippen LogP contribution in [0.1, 0.15) is 11.1 Å². The van der Waals surface area contributed by atoms with Crippen LogP contribution in [0.15, 0.2) is 29.5 Å². The third-order valence-corrected chi connectivity index (χ3v) is 2.81. The number of carbonyl (C=O) groups is 1. The summed E-state index contributed by atoms with van der Waals surface area (Å²) in [6, 6.07) is 6.25. The maximum absolute atomic E-state index is 11.3. The van der Waals surface area contributed by atoms with Crippen molar-refractivity contribution in [1.82, 2.24) is 5.01 Å². The van der Waals surface area contributed by atoms with E-state index in [1.807, 2.05) is 24.3 Å². The topological polar surface area (TPSA) is 99.2 Å². The molecule has 90 valence electrons. The summed E-state index contributed by atoms with van der Waals surface area (Å²) < 4.78 is 0. The van der Waals surface area contributed by atoms with Crippen molar-refractivity contribution in [2.75, 3.05) is 0 Å². The van der Waals surface area contributed by atoms with Gasteiger partial charge in [-0.15, -0.1) is 5.01 Å². The van der Waals surface area contributed by atoms with E-state index in [0.717, 1.165) is 16.1 Å². The van der Waals surface area contributed by atoms with E-state index < -0.39 is 12.0 Å². The molecule has 0 saturated carbocycles. The van der Waals surface area contributed by atoms with E-state index in [1.54, 1.807) is 0 Å². The quantitative estimate of drug-likeness (QED) is 0.449. The van der Waals surface area contributed by atoms with Crippen LogP contribution in [0.2, 0.25) is 0 Å². The molecule has 7 heteroatoms. The van der Waals surface area contributed by atoms with Gasteiger partial charge in [0.05, 0.1) is 4.97 Å². The SMILES string of the molecule is O=C(O)C1Cc2ccccc2CN1[N+]([O-])=NO. The summed E-state index contributed by atoms with van der Waals surface area (Å²) in [7, 11) is 0. The molecule has 2 rings (SSSR count). The first-order valence-electron chi connectivity index (χ1n) is 5.02. The van der Waals surface area contributed by atoms with Crippen molar-refractivity contribution in [2.24, 2.45) is 5.28 Å². The highest BCUT2D eigenvalue weighted by molar-refractivity contribution is 5.74. The Balaban J connectivity index is 2.38. The maximum Gasteiger partial charge on any atom is 0.332 e. The highest BCUT2D eigenvalue weighted by Gasteiger charge is 2.36. The van der Waals surface area contributed by atoms with Crippen LogP contribution in [-0.4, -0.2) is 32.3 Å². The van der Waals surface area contributed by atoms with Crippen molar-refractivity contribution >= 4 is 5.97 Å². The largest absolute Gasteiger partial charge is 0.569 e. The van der Waals surface area contributed by atoms with Crippen LogP contribution in [-0.2, 0) is 17.8 Å². The van der Waals surface area contributed by atoms with Crippen LogP contribution >= 0.6 is 0 Å². The van der Waals surface area contributed by atoms with Gasteiger partial charge in [-0.25, -0.2) is 4.79 Å². The Labute approximate surface area is 96.7 Å². The molecule has 0 fully saturated rings. The molecule has 0 aromatic heterocycles. The minimum Gasteiger partial charge on any atom is -0.569 e. The Kier molecular flexibility index (Phi) is 2.82. The van der Waals surface area contributed by atoms with Crippen LogP contribution in [0.25, 0.3) is 0 Å². The highest BCUT2D eigenvalue weighted by Crippen LogP contribution is 2.23. The molecular weight excluding hydrogens is 226 g/mol. The maximum atomic E-state index is 11.3. The van der Waals surface area contributed by atoms with E-state index in [1.165, 1.54) is 0 Å². The Morgan fingerprint density at radius 2 is 2.12 bits per heavy atom. The number of hydrazine groups is 1. The predicted octanol–water partition coefficient (Wildman–Crippen LogP) is 0.765. The second-order valence-corrected chi connectivity index (χ2v) is 3.77. The zero-order chi connectivity index (χ0) is 12.4. The number of aliphatic carboxylic acids is 1. The summed E-state index contributed by atoms with van der Waals surface area (Å²) >= 11 is 0. The van der Waals surface area contributed by atoms with Gasteiger partial charge in [0.2, 0.25) is 5.28 Å². The van der Waals surface area contributed by atoms with E-state index in [4.69, 9.17) is 10.3 Å². The summed E-state index contributed by atoms with van der Waals surface area (Å²) in [6.45, 7) is 0.112. The van der Waals surface area contributed by atoms with Gasteiger partial charge < -0.3 is 15.5 Å². The molecule has 1 aromatic rings. The van der Waals surface area contributed by atoms with Crippen molar-refractivity contribution in [3.05, 3.63) is 40.6 Å². The fourth-order valence-corrected chi connectivity index (χ4v) is 1.96. The van der Waals surface area contributed by atoms with Gasteiger partial charge in [0.1, 0.15) is 6.54 Å². The molecule has 17 heavy (non-hydrogen) atoms. The number of carboxylic acids is 1. The summed E-state index contributed by atoms with van der Waals surface area (Å²) in [5.74, 6) is -1.12. The van der Waals surface area contributed by atoms with Crippen molar-refractivity contribution in [3.63, 3.8) is 0 Å². The van der Waals surface area contributed by atoms with Crippen molar-refractivity contribution in [1.29, 1.82) is 0 Å². The molecule has 0 amide bonds.